The van der Waals surface area contributed by atoms with Gasteiger partial charge in [0.15, 0.2) is 0 Å². The van der Waals surface area contributed by atoms with Crippen molar-refractivity contribution in [3.63, 3.8) is 0 Å². The van der Waals surface area contributed by atoms with E-state index in [0.717, 1.165) is 18.5 Å². The molecular formula is C23H25N3O2S. The monoisotopic (exact) mass is 407 g/mol. The Labute approximate surface area is 174 Å². The number of rotatable bonds is 2. The van der Waals surface area contributed by atoms with Crippen LogP contribution in [0.4, 0.5) is 10.5 Å². The summed E-state index contributed by atoms with van der Waals surface area (Å²) in [5.41, 5.74) is 4.64. The molecule has 1 atom stereocenters. The van der Waals surface area contributed by atoms with Gasteiger partial charge in [0, 0.05) is 22.3 Å². The standard InChI is InChI=1S/C23H25N3O2S/c1-15-19-10-7-13-25(19)22-17(16-8-3-6-12-21(16)29-22)14-26(15)23(27)24-18-9-4-5-11-20(18)28-2/h4-5,7,9-11,13,15H,3,6,8,12,14H2,1-2H3,(H,24,27)/t15-/m1/s1. The third kappa shape index (κ3) is 3.02. The summed E-state index contributed by atoms with van der Waals surface area (Å²) < 4.78 is 7.70. The van der Waals surface area contributed by atoms with E-state index in [4.69, 9.17) is 4.74 Å². The van der Waals surface area contributed by atoms with Crippen molar-refractivity contribution in [3.05, 3.63) is 64.3 Å². The van der Waals surface area contributed by atoms with Gasteiger partial charge >= 0.3 is 6.03 Å². The molecule has 1 N–H and O–H groups in total. The van der Waals surface area contributed by atoms with Gasteiger partial charge in [0.25, 0.3) is 0 Å². The van der Waals surface area contributed by atoms with Crippen molar-refractivity contribution in [1.29, 1.82) is 0 Å². The van der Waals surface area contributed by atoms with Gasteiger partial charge in [0.2, 0.25) is 0 Å². The first-order valence-corrected chi connectivity index (χ1v) is 11.0. The summed E-state index contributed by atoms with van der Waals surface area (Å²) in [6, 6.07) is 11.6. The minimum Gasteiger partial charge on any atom is -0.495 e. The highest BCUT2D eigenvalue weighted by Crippen LogP contribution is 2.42. The highest BCUT2D eigenvalue weighted by molar-refractivity contribution is 7.15. The van der Waals surface area contributed by atoms with E-state index in [9.17, 15) is 4.79 Å². The number of methoxy groups -OCH3 is 1. The van der Waals surface area contributed by atoms with E-state index >= 15 is 0 Å². The zero-order chi connectivity index (χ0) is 20.0. The first-order chi connectivity index (χ1) is 14.2. The maximum absolute atomic E-state index is 13.4. The number of thiophene rings is 1. The average Bonchev–Trinajstić information content (AvgIpc) is 3.34. The number of anilines is 1. The molecule has 0 saturated heterocycles. The van der Waals surface area contributed by atoms with Crippen molar-refractivity contribution in [2.24, 2.45) is 0 Å². The Morgan fingerprint density at radius 2 is 1.97 bits per heavy atom. The molecule has 0 saturated carbocycles. The van der Waals surface area contributed by atoms with Crippen LogP contribution in [0.15, 0.2) is 42.6 Å². The number of nitrogens with one attached hydrogen (secondary N) is 1. The molecule has 1 aliphatic heterocycles. The van der Waals surface area contributed by atoms with Crippen molar-refractivity contribution in [1.82, 2.24) is 9.47 Å². The van der Waals surface area contributed by atoms with Gasteiger partial charge in [0.1, 0.15) is 10.8 Å². The third-order valence-electron chi connectivity index (χ3n) is 6.09. The summed E-state index contributed by atoms with van der Waals surface area (Å²) in [4.78, 5) is 16.8. The number of amides is 2. The fourth-order valence-electron chi connectivity index (χ4n) is 4.54. The minimum atomic E-state index is -0.0987. The van der Waals surface area contributed by atoms with E-state index in [2.05, 4.69) is 35.1 Å². The van der Waals surface area contributed by atoms with Gasteiger partial charge in [-0.2, -0.15) is 0 Å². The van der Waals surface area contributed by atoms with Crippen molar-refractivity contribution in [2.75, 3.05) is 12.4 Å². The second kappa shape index (κ2) is 7.26. The van der Waals surface area contributed by atoms with Gasteiger partial charge in [-0.25, -0.2) is 4.79 Å². The number of ether oxygens (including phenoxy) is 1. The molecule has 0 radical (unpaired) electrons. The normalized spacial score (nSPS) is 17.7. The van der Waals surface area contributed by atoms with Crippen LogP contribution in [-0.4, -0.2) is 22.6 Å². The molecule has 3 heterocycles. The number of aryl methyl sites for hydroxylation is 1. The van der Waals surface area contributed by atoms with Crippen molar-refractivity contribution >= 4 is 23.1 Å². The maximum Gasteiger partial charge on any atom is 0.322 e. The number of nitrogens with zero attached hydrogens (tertiary/aromatic N) is 2. The van der Waals surface area contributed by atoms with E-state index in [0.29, 0.717) is 18.0 Å². The molecule has 150 valence electrons. The second-order valence-electron chi connectivity index (χ2n) is 7.73. The van der Waals surface area contributed by atoms with Crippen LogP contribution in [0.5, 0.6) is 5.75 Å². The number of fused-ring (bicyclic) bond motifs is 5. The highest BCUT2D eigenvalue weighted by atomic mass is 32.1. The predicted molar refractivity (Wildman–Crippen MR) is 116 cm³/mol. The number of hydrogen-bond acceptors (Lipinski definition) is 3. The molecule has 1 aromatic carbocycles. The highest BCUT2D eigenvalue weighted by Gasteiger charge is 2.33. The average molecular weight is 408 g/mol. The largest absolute Gasteiger partial charge is 0.495 e. The second-order valence-corrected chi connectivity index (χ2v) is 8.82. The minimum absolute atomic E-state index is 0.0291. The zero-order valence-electron chi connectivity index (χ0n) is 16.8. The lowest BCUT2D eigenvalue weighted by atomic mass is 9.95. The Kier molecular flexibility index (Phi) is 4.59. The molecule has 5 rings (SSSR count). The van der Waals surface area contributed by atoms with Crippen LogP contribution < -0.4 is 10.1 Å². The number of carbonyl (C=O) groups is 1. The molecule has 29 heavy (non-hydrogen) atoms. The smallest absolute Gasteiger partial charge is 0.322 e. The predicted octanol–water partition coefficient (Wildman–Crippen LogP) is 5.53. The Morgan fingerprint density at radius 3 is 2.83 bits per heavy atom. The number of hydrogen-bond donors (Lipinski definition) is 1. The van der Waals surface area contributed by atoms with Crippen LogP contribution in [0, 0.1) is 0 Å². The first-order valence-electron chi connectivity index (χ1n) is 10.2. The molecule has 6 heteroatoms. The molecule has 0 spiro atoms. The molecule has 0 fully saturated rings. The van der Waals surface area contributed by atoms with E-state index in [1.807, 2.05) is 40.5 Å². The fraction of sp³-hybridized carbons (Fsp3) is 0.348. The molecule has 3 aromatic rings. The van der Waals surface area contributed by atoms with Crippen LogP contribution in [0.1, 0.15) is 47.5 Å². The summed E-state index contributed by atoms with van der Waals surface area (Å²) in [6.07, 6.45) is 6.91. The van der Waals surface area contributed by atoms with Crippen LogP contribution in [-0.2, 0) is 19.4 Å². The van der Waals surface area contributed by atoms with E-state index in [1.54, 1.807) is 7.11 Å². The number of benzene rings is 1. The van der Waals surface area contributed by atoms with E-state index in [1.165, 1.54) is 33.8 Å². The van der Waals surface area contributed by atoms with Gasteiger partial charge in [-0.1, -0.05) is 12.1 Å². The van der Waals surface area contributed by atoms with Gasteiger partial charge in [-0.3, -0.25) is 0 Å². The molecular weight excluding hydrogens is 382 g/mol. The van der Waals surface area contributed by atoms with Gasteiger partial charge in [-0.15, -0.1) is 11.3 Å². The lowest BCUT2D eigenvalue weighted by molar-refractivity contribution is 0.189. The summed E-state index contributed by atoms with van der Waals surface area (Å²) in [5, 5.41) is 4.36. The number of carbonyl (C=O) groups excluding carboxylic acids is 1. The van der Waals surface area contributed by atoms with Gasteiger partial charge in [0.05, 0.1) is 25.4 Å². The zero-order valence-corrected chi connectivity index (χ0v) is 17.6. The molecule has 0 bridgehead atoms. The Balaban J connectivity index is 1.54. The number of urea groups is 1. The molecule has 0 unspecified atom stereocenters. The van der Waals surface area contributed by atoms with Crippen molar-refractivity contribution < 1.29 is 9.53 Å². The summed E-state index contributed by atoms with van der Waals surface area (Å²) in [5.74, 6) is 0.667. The summed E-state index contributed by atoms with van der Waals surface area (Å²) in [6.45, 7) is 2.74. The molecule has 2 aromatic heterocycles. The quantitative estimate of drug-likeness (QED) is 0.607. The van der Waals surface area contributed by atoms with E-state index < -0.39 is 0 Å². The Morgan fingerprint density at radius 1 is 1.14 bits per heavy atom. The van der Waals surface area contributed by atoms with Gasteiger partial charge in [-0.05, 0) is 62.4 Å². The fourth-order valence-corrected chi connectivity index (χ4v) is 5.95. The van der Waals surface area contributed by atoms with E-state index in [-0.39, 0.29) is 12.1 Å². The first kappa shape index (κ1) is 18.3. The van der Waals surface area contributed by atoms with Crippen molar-refractivity contribution in [3.8, 4) is 10.8 Å². The lowest BCUT2D eigenvalue weighted by Gasteiger charge is -2.28. The van der Waals surface area contributed by atoms with Crippen molar-refractivity contribution in [2.45, 2.75) is 45.2 Å². The van der Waals surface area contributed by atoms with Gasteiger partial charge < -0.3 is 19.5 Å². The SMILES string of the molecule is COc1ccccc1NC(=O)N1Cc2c(sc3c2CCCC3)-n2cccc2[C@H]1C. The van der Waals surface area contributed by atoms with Crippen LogP contribution in [0.25, 0.3) is 5.00 Å². The molecule has 2 amide bonds. The van der Waals surface area contributed by atoms with Crippen LogP contribution >= 0.6 is 11.3 Å². The maximum atomic E-state index is 13.4. The molecule has 5 nitrogen and oxygen atoms in total. The number of para-hydroxylation sites is 2. The lowest BCUT2D eigenvalue weighted by Crippen LogP contribution is -2.36. The summed E-state index contributed by atoms with van der Waals surface area (Å²) in [7, 11) is 1.62. The van der Waals surface area contributed by atoms with Crippen LogP contribution in [0.3, 0.4) is 0 Å². The van der Waals surface area contributed by atoms with Crippen LogP contribution in [0.2, 0.25) is 0 Å². The summed E-state index contributed by atoms with van der Waals surface area (Å²) >= 11 is 1.91. The Bertz CT molecular complexity index is 1070. The molecule has 1 aliphatic carbocycles. The third-order valence-corrected chi connectivity index (χ3v) is 7.43. The Hall–Kier alpha value is -2.73. The number of aromatic nitrogens is 1. The molecule has 2 aliphatic rings. The topological polar surface area (TPSA) is 46.5 Å².